The maximum atomic E-state index is 13.4. The molecule has 0 aliphatic rings. The molecule has 0 aliphatic carbocycles. The number of carbonyl (C=O) groups excluding carboxylic acids is 2. The number of fused-ring (bicyclic) bond motifs is 1. The second-order valence-electron chi connectivity index (χ2n) is 9.24. The molecule has 216 valence electrons. The summed E-state index contributed by atoms with van der Waals surface area (Å²) in [6.07, 6.45) is 2.38. The third-order valence-corrected chi connectivity index (χ3v) is 6.73. The van der Waals surface area contributed by atoms with Crippen molar-refractivity contribution in [3.63, 3.8) is 0 Å². The van der Waals surface area contributed by atoms with Crippen molar-refractivity contribution in [2.24, 2.45) is 0 Å². The summed E-state index contributed by atoms with van der Waals surface area (Å²) in [5.74, 6) is 1.17. The van der Waals surface area contributed by atoms with Crippen LogP contribution in [-0.4, -0.2) is 41.7 Å². The molecular formula is C29H31ClN4O7. The lowest BCUT2D eigenvalue weighted by Gasteiger charge is -2.15. The zero-order valence-electron chi connectivity index (χ0n) is 22.8. The number of ether oxygens (including phenoxy) is 2. The van der Waals surface area contributed by atoms with E-state index in [1.54, 1.807) is 44.6 Å². The van der Waals surface area contributed by atoms with Gasteiger partial charge in [0.25, 0.3) is 5.56 Å². The van der Waals surface area contributed by atoms with E-state index in [0.29, 0.717) is 40.8 Å². The topological polar surface area (TPSA) is 134 Å². The second-order valence-corrected chi connectivity index (χ2v) is 9.67. The van der Waals surface area contributed by atoms with Gasteiger partial charge in [0.05, 0.1) is 37.9 Å². The van der Waals surface area contributed by atoms with E-state index in [9.17, 15) is 19.2 Å². The Bertz CT molecular complexity index is 1640. The Morgan fingerprint density at radius 2 is 1.76 bits per heavy atom. The van der Waals surface area contributed by atoms with Crippen LogP contribution in [0.1, 0.15) is 24.2 Å². The lowest BCUT2D eigenvalue weighted by atomic mass is 10.1. The molecule has 0 radical (unpaired) electrons. The van der Waals surface area contributed by atoms with Gasteiger partial charge in [0.15, 0.2) is 11.5 Å². The van der Waals surface area contributed by atoms with Crippen LogP contribution in [-0.2, 0) is 35.6 Å². The molecule has 0 spiro atoms. The van der Waals surface area contributed by atoms with Gasteiger partial charge in [-0.15, -0.1) is 0 Å². The molecule has 11 nitrogen and oxygen atoms in total. The molecule has 4 aromatic rings. The molecule has 0 bridgehead atoms. The summed E-state index contributed by atoms with van der Waals surface area (Å²) in [6.45, 7) is 0.260. The van der Waals surface area contributed by atoms with Crippen molar-refractivity contribution in [1.29, 1.82) is 0 Å². The Balaban J connectivity index is 1.44. The van der Waals surface area contributed by atoms with Gasteiger partial charge in [0.1, 0.15) is 12.3 Å². The van der Waals surface area contributed by atoms with E-state index >= 15 is 0 Å². The van der Waals surface area contributed by atoms with Crippen LogP contribution in [0.4, 0.5) is 0 Å². The molecule has 0 aliphatic heterocycles. The normalized spacial score (nSPS) is 10.9. The maximum absolute atomic E-state index is 13.4. The Morgan fingerprint density at radius 3 is 2.49 bits per heavy atom. The number of carbonyl (C=O) groups is 2. The molecule has 0 unspecified atom stereocenters. The number of amides is 2. The highest BCUT2D eigenvalue weighted by Crippen LogP contribution is 2.27. The molecule has 0 atom stereocenters. The number of methoxy groups -OCH3 is 2. The van der Waals surface area contributed by atoms with Gasteiger partial charge in [-0.3, -0.25) is 23.5 Å². The molecule has 2 heterocycles. The highest BCUT2D eigenvalue weighted by atomic mass is 35.5. The number of furan rings is 1. The Kier molecular flexibility index (Phi) is 9.86. The van der Waals surface area contributed by atoms with Crippen molar-refractivity contribution in [2.75, 3.05) is 20.8 Å². The fraction of sp³-hybridized carbons (Fsp3) is 0.310. The van der Waals surface area contributed by atoms with E-state index in [4.69, 9.17) is 25.5 Å². The van der Waals surface area contributed by atoms with Crippen LogP contribution in [0.25, 0.3) is 10.9 Å². The number of nitrogens with one attached hydrogen (secondary N) is 2. The average Bonchev–Trinajstić information content (AvgIpc) is 3.50. The minimum Gasteiger partial charge on any atom is -0.493 e. The van der Waals surface area contributed by atoms with Crippen LogP contribution in [0.15, 0.2) is 68.8 Å². The number of aromatic nitrogens is 2. The fourth-order valence-corrected chi connectivity index (χ4v) is 4.58. The van der Waals surface area contributed by atoms with E-state index in [2.05, 4.69) is 10.6 Å². The number of hydrogen-bond acceptors (Lipinski definition) is 7. The molecule has 41 heavy (non-hydrogen) atoms. The zero-order valence-corrected chi connectivity index (χ0v) is 23.5. The summed E-state index contributed by atoms with van der Waals surface area (Å²) in [4.78, 5) is 51.7. The Morgan fingerprint density at radius 1 is 0.951 bits per heavy atom. The van der Waals surface area contributed by atoms with Crippen LogP contribution < -0.4 is 31.4 Å². The van der Waals surface area contributed by atoms with Crippen molar-refractivity contribution in [3.8, 4) is 11.5 Å². The summed E-state index contributed by atoms with van der Waals surface area (Å²) in [7, 11) is 3.11. The Labute approximate surface area is 240 Å². The van der Waals surface area contributed by atoms with Gasteiger partial charge < -0.3 is 24.5 Å². The number of rotatable bonds is 13. The van der Waals surface area contributed by atoms with Gasteiger partial charge in [0, 0.05) is 24.5 Å². The summed E-state index contributed by atoms with van der Waals surface area (Å²) in [5, 5.41) is 6.08. The summed E-state index contributed by atoms with van der Waals surface area (Å²) in [6, 6.07) is 13.5. The highest BCUT2D eigenvalue weighted by Gasteiger charge is 2.16. The molecular weight excluding hydrogens is 552 g/mol. The van der Waals surface area contributed by atoms with Crippen molar-refractivity contribution >= 4 is 34.3 Å². The highest BCUT2D eigenvalue weighted by molar-refractivity contribution is 6.31. The van der Waals surface area contributed by atoms with Crippen LogP contribution in [0, 0.1) is 0 Å². The SMILES string of the molecule is COc1ccc(CCNC(=O)Cn2c(=O)n(CCCC(=O)NCc3ccco3)c(=O)c3cc(Cl)ccc32)cc1OC. The van der Waals surface area contributed by atoms with E-state index in [0.717, 1.165) is 10.1 Å². The van der Waals surface area contributed by atoms with Gasteiger partial charge in [-0.25, -0.2) is 4.79 Å². The quantitative estimate of drug-likeness (QED) is 0.248. The van der Waals surface area contributed by atoms with Gasteiger partial charge in [-0.05, 0) is 60.9 Å². The van der Waals surface area contributed by atoms with Crippen molar-refractivity contribution in [2.45, 2.75) is 38.9 Å². The molecule has 0 saturated carbocycles. The fourth-order valence-electron chi connectivity index (χ4n) is 4.41. The van der Waals surface area contributed by atoms with Crippen LogP contribution in [0.2, 0.25) is 5.02 Å². The van der Waals surface area contributed by atoms with Crippen molar-refractivity contribution in [1.82, 2.24) is 19.8 Å². The molecule has 2 aromatic carbocycles. The van der Waals surface area contributed by atoms with Gasteiger partial charge in [-0.1, -0.05) is 17.7 Å². The van der Waals surface area contributed by atoms with E-state index in [1.165, 1.54) is 16.9 Å². The van der Waals surface area contributed by atoms with Crippen molar-refractivity contribution in [3.05, 3.63) is 92.0 Å². The third-order valence-electron chi connectivity index (χ3n) is 6.50. The number of hydrogen-bond donors (Lipinski definition) is 2. The molecule has 2 N–H and O–H groups in total. The lowest BCUT2D eigenvalue weighted by molar-refractivity contribution is -0.122. The molecule has 2 amide bonds. The largest absolute Gasteiger partial charge is 0.493 e. The van der Waals surface area contributed by atoms with Gasteiger partial charge in [-0.2, -0.15) is 0 Å². The van der Waals surface area contributed by atoms with Gasteiger partial charge in [0.2, 0.25) is 11.8 Å². The minimum atomic E-state index is -0.643. The molecule has 0 fully saturated rings. The standard InChI is InChI=1S/C29H31ClN4O7/c1-39-24-10-7-19(15-25(24)40-2)11-12-31-27(36)18-34-23-9-8-20(30)16-22(23)28(37)33(29(34)38)13-3-6-26(35)32-17-21-5-4-14-41-21/h4-5,7-10,14-16H,3,6,11-13,17-18H2,1-2H3,(H,31,36)(H,32,35). The monoisotopic (exact) mass is 582 g/mol. The number of benzene rings is 2. The number of halogens is 1. The van der Waals surface area contributed by atoms with Crippen LogP contribution >= 0.6 is 11.6 Å². The lowest BCUT2D eigenvalue weighted by Crippen LogP contribution is -2.43. The minimum absolute atomic E-state index is 0.00475. The molecule has 12 heteroatoms. The number of nitrogens with zero attached hydrogens (tertiary/aromatic N) is 2. The Hall–Kier alpha value is -4.51. The predicted octanol–water partition coefficient (Wildman–Crippen LogP) is 2.88. The second kappa shape index (κ2) is 13.7. The summed E-state index contributed by atoms with van der Waals surface area (Å²) < 4.78 is 18.0. The van der Waals surface area contributed by atoms with Gasteiger partial charge >= 0.3 is 5.69 Å². The van der Waals surface area contributed by atoms with E-state index in [1.807, 2.05) is 12.1 Å². The first-order valence-corrected chi connectivity index (χ1v) is 13.4. The van der Waals surface area contributed by atoms with E-state index < -0.39 is 17.2 Å². The first-order valence-electron chi connectivity index (χ1n) is 13.0. The summed E-state index contributed by atoms with van der Waals surface area (Å²) >= 11 is 6.14. The van der Waals surface area contributed by atoms with Crippen LogP contribution in [0.3, 0.4) is 0 Å². The first kappa shape index (κ1) is 29.5. The van der Waals surface area contributed by atoms with Crippen LogP contribution in [0.5, 0.6) is 11.5 Å². The van der Waals surface area contributed by atoms with E-state index in [-0.39, 0.29) is 43.8 Å². The third kappa shape index (κ3) is 7.37. The van der Waals surface area contributed by atoms with Crippen molar-refractivity contribution < 1.29 is 23.5 Å². The first-order chi connectivity index (χ1) is 19.8. The molecule has 0 saturated heterocycles. The molecule has 4 rings (SSSR count). The average molecular weight is 583 g/mol. The predicted molar refractivity (Wildman–Crippen MR) is 154 cm³/mol. The smallest absolute Gasteiger partial charge is 0.331 e. The molecule has 2 aromatic heterocycles. The summed E-state index contributed by atoms with van der Waals surface area (Å²) in [5.41, 5.74) is 0.0540. The zero-order chi connectivity index (χ0) is 29.4. The maximum Gasteiger partial charge on any atom is 0.331 e.